The van der Waals surface area contributed by atoms with E-state index in [1.807, 2.05) is 0 Å². The van der Waals surface area contributed by atoms with E-state index >= 15 is 0 Å². The van der Waals surface area contributed by atoms with Crippen LogP contribution in [-0.2, 0) is 0 Å². The summed E-state index contributed by atoms with van der Waals surface area (Å²) in [6.07, 6.45) is 7.82. The molecule has 0 saturated heterocycles. The van der Waals surface area contributed by atoms with E-state index in [-0.39, 0.29) is 0 Å². The quantitative estimate of drug-likeness (QED) is 0.748. The molecule has 0 aromatic carbocycles. The van der Waals surface area contributed by atoms with Gasteiger partial charge in [0.25, 0.3) is 0 Å². The summed E-state index contributed by atoms with van der Waals surface area (Å²) in [5.74, 6) is 0. The lowest BCUT2D eigenvalue weighted by Gasteiger charge is -2.31. The lowest BCUT2D eigenvalue weighted by atomic mass is 9.96. The molecule has 88 valence electrons. The van der Waals surface area contributed by atoms with Crippen molar-refractivity contribution in [1.29, 1.82) is 0 Å². The van der Waals surface area contributed by atoms with Crippen molar-refractivity contribution in [2.45, 2.75) is 64.5 Å². The van der Waals surface area contributed by atoms with E-state index < -0.39 is 0 Å². The van der Waals surface area contributed by atoms with Crippen LogP contribution in [0, 0.1) is 0 Å². The molecule has 0 aliphatic heterocycles. The fraction of sp³-hybridized carbons (Fsp3) is 0.917. The smallest absolute Gasteiger partial charge is 0.169 e. The maximum atomic E-state index is 5.41. The first kappa shape index (κ1) is 12.8. The third kappa shape index (κ3) is 3.98. The monoisotopic (exact) mass is 228 g/mol. The molecule has 0 bridgehead atoms. The van der Waals surface area contributed by atoms with Gasteiger partial charge in [0.05, 0.1) is 0 Å². The van der Waals surface area contributed by atoms with Crippen molar-refractivity contribution in [2.24, 2.45) is 0 Å². The first-order valence-corrected chi connectivity index (χ1v) is 6.59. The van der Waals surface area contributed by atoms with Crippen molar-refractivity contribution < 1.29 is 0 Å². The van der Waals surface area contributed by atoms with Crippen LogP contribution in [0.5, 0.6) is 0 Å². The standard InChI is InChI=1S/C12H24N2S/c1-4-10(2)14(3)12(15)13-11-8-6-5-7-9-11/h10-11H,4-9H2,1-3H3,(H,13,15). The first-order valence-electron chi connectivity index (χ1n) is 6.18. The normalized spacial score (nSPS) is 19.7. The highest BCUT2D eigenvalue weighted by Gasteiger charge is 2.17. The zero-order valence-corrected chi connectivity index (χ0v) is 11.1. The van der Waals surface area contributed by atoms with Gasteiger partial charge in [-0.3, -0.25) is 0 Å². The molecular weight excluding hydrogens is 204 g/mol. The summed E-state index contributed by atoms with van der Waals surface area (Å²) >= 11 is 5.41. The Morgan fingerprint density at radius 1 is 1.40 bits per heavy atom. The van der Waals surface area contributed by atoms with Crippen LogP contribution in [-0.4, -0.2) is 29.1 Å². The maximum Gasteiger partial charge on any atom is 0.169 e. The van der Waals surface area contributed by atoms with Gasteiger partial charge in [0.2, 0.25) is 0 Å². The third-order valence-electron chi connectivity index (χ3n) is 3.51. The Hall–Kier alpha value is -0.310. The van der Waals surface area contributed by atoms with E-state index in [1.165, 1.54) is 32.1 Å². The zero-order valence-electron chi connectivity index (χ0n) is 10.3. The Bertz CT molecular complexity index is 200. The summed E-state index contributed by atoms with van der Waals surface area (Å²) in [4.78, 5) is 2.18. The second-order valence-electron chi connectivity index (χ2n) is 4.65. The molecule has 1 N–H and O–H groups in total. The summed E-state index contributed by atoms with van der Waals surface area (Å²) < 4.78 is 0. The molecule has 0 amide bonds. The van der Waals surface area contributed by atoms with Crippen LogP contribution >= 0.6 is 12.2 Å². The van der Waals surface area contributed by atoms with E-state index in [2.05, 4.69) is 31.1 Å². The van der Waals surface area contributed by atoms with Gasteiger partial charge in [0.15, 0.2) is 5.11 Å². The van der Waals surface area contributed by atoms with Gasteiger partial charge in [0, 0.05) is 19.1 Å². The molecule has 15 heavy (non-hydrogen) atoms. The van der Waals surface area contributed by atoms with Crippen LogP contribution < -0.4 is 5.32 Å². The van der Waals surface area contributed by atoms with E-state index in [0.717, 1.165) is 11.5 Å². The number of thiocarbonyl (C=S) groups is 1. The molecular formula is C12H24N2S. The molecule has 1 aliphatic carbocycles. The highest BCUT2D eigenvalue weighted by molar-refractivity contribution is 7.80. The van der Waals surface area contributed by atoms with Crippen LogP contribution in [0.2, 0.25) is 0 Å². The van der Waals surface area contributed by atoms with Gasteiger partial charge < -0.3 is 10.2 Å². The molecule has 0 spiro atoms. The molecule has 1 fully saturated rings. The second kappa shape index (κ2) is 6.31. The molecule has 1 aliphatic rings. The first-order chi connectivity index (χ1) is 7.15. The molecule has 0 aromatic heterocycles. The van der Waals surface area contributed by atoms with Crippen molar-refractivity contribution in [3.8, 4) is 0 Å². The van der Waals surface area contributed by atoms with Crippen LogP contribution in [0.1, 0.15) is 52.4 Å². The molecule has 0 heterocycles. The predicted molar refractivity (Wildman–Crippen MR) is 70.1 cm³/mol. The SMILES string of the molecule is CCC(C)N(C)C(=S)NC1CCCCC1. The summed E-state index contributed by atoms with van der Waals surface area (Å²) in [5, 5.41) is 4.42. The number of hydrogen-bond acceptors (Lipinski definition) is 1. The second-order valence-corrected chi connectivity index (χ2v) is 5.04. The van der Waals surface area contributed by atoms with Crippen LogP contribution in [0.15, 0.2) is 0 Å². The third-order valence-corrected chi connectivity index (χ3v) is 3.91. The molecule has 3 heteroatoms. The van der Waals surface area contributed by atoms with Gasteiger partial charge in [-0.2, -0.15) is 0 Å². The Kier molecular flexibility index (Phi) is 5.37. The summed E-state index contributed by atoms with van der Waals surface area (Å²) in [6.45, 7) is 4.42. The fourth-order valence-corrected chi connectivity index (χ4v) is 2.34. The van der Waals surface area contributed by atoms with Gasteiger partial charge in [0.1, 0.15) is 0 Å². The molecule has 1 saturated carbocycles. The maximum absolute atomic E-state index is 5.41. The van der Waals surface area contributed by atoms with Gasteiger partial charge in [-0.15, -0.1) is 0 Å². The van der Waals surface area contributed by atoms with Gasteiger partial charge in [-0.25, -0.2) is 0 Å². The minimum absolute atomic E-state index is 0.536. The van der Waals surface area contributed by atoms with Crippen molar-refractivity contribution in [3.05, 3.63) is 0 Å². The Balaban J connectivity index is 2.33. The average molecular weight is 228 g/mol. The average Bonchev–Trinajstić information content (AvgIpc) is 2.28. The molecule has 0 aromatic rings. The van der Waals surface area contributed by atoms with Gasteiger partial charge in [-0.1, -0.05) is 26.2 Å². The Morgan fingerprint density at radius 2 is 2.00 bits per heavy atom. The van der Waals surface area contributed by atoms with Crippen LogP contribution in [0.25, 0.3) is 0 Å². The largest absolute Gasteiger partial charge is 0.360 e. The Morgan fingerprint density at radius 3 is 2.53 bits per heavy atom. The number of nitrogens with one attached hydrogen (secondary N) is 1. The molecule has 0 radical (unpaired) electrons. The molecule has 1 rings (SSSR count). The number of nitrogens with zero attached hydrogens (tertiary/aromatic N) is 1. The lowest BCUT2D eigenvalue weighted by molar-refractivity contribution is 0.351. The minimum atomic E-state index is 0.536. The number of rotatable bonds is 3. The van der Waals surface area contributed by atoms with E-state index in [4.69, 9.17) is 12.2 Å². The summed E-state index contributed by atoms with van der Waals surface area (Å²) in [7, 11) is 2.09. The van der Waals surface area contributed by atoms with Gasteiger partial charge >= 0.3 is 0 Å². The van der Waals surface area contributed by atoms with E-state index in [1.54, 1.807) is 0 Å². The number of hydrogen-bond donors (Lipinski definition) is 1. The minimum Gasteiger partial charge on any atom is -0.360 e. The topological polar surface area (TPSA) is 15.3 Å². The fourth-order valence-electron chi connectivity index (χ4n) is 2.00. The van der Waals surface area contributed by atoms with Crippen LogP contribution in [0.3, 0.4) is 0 Å². The molecule has 1 unspecified atom stereocenters. The van der Waals surface area contributed by atoms with Crippen molar-refractivity contribution in [2.75, 3.05) is 7.05 Å². The van der Waals surface area contributed by atoms with Crippen LogP contribution in [0.4, 0.5) is 0 Å². The Labute approximate surface area is 99.4 Å². The highest BCUT2D eigenvalue weighted by atomic mass is 32.1. The van der Waals surface area contributed by atoms with Crippen molar-refractivity contribution >= 4 is 17.3 Å². The molecule has 2 nitrogen and oxygen atoms in total. The van der Waals surface area contributed by atoms with Crippen molar-refractivity contribution in [3.63, 3.8) is 0 Å². The molecule has 1 atom stereocenters. The summed E-state index contributed by atoms with van der Waals surface area (Å²) in [5.41, 5.74) is 0. The predicted octanol–water partition coefficient (Wildman–Crippen LogP) is 2.92. The lowest BCUT2D eigenvalue weighted by Crippen LogP contribution is -2.46. The van der Waals surface area contributed by atoms with E-state index in [0.29, 0.717) is 12.1 Å². The van der Waals surface area contributed by atoms with Crippen molar-refractivity contribution in [1.82, 2.24) is 10.2 Å². The van der Waals surface area contributed by atoms with E-state index in [9.17, 15) is 0 Å². The van der Waals surface area contributed by atoms with Gasteiger partial charge in [-0.05, 0) is 38.4 Å². The zero-order chi connectivity index (χ0) is 11.3. The summed E-state index contributed by atoms with van der Waals surface area (Å²) in [6, 6.07) is 1.16. The highest BCUT2D eigenvalue weighted by Crippen LogP contribution is 2.17.